The normalized spacial score (nSPS) is 14.9. The third kappa shape index (κ3) is 3.17. The van der Waals surface area contributed by atoms with E-state index in [4.69, 9.17) is 16.6 Å². The van der Waals surface area contributed by atoms with Gasteiger partial charge in [0.2, 0.25) is 0 Å². The van der Waals surface area contributed by atoms with Crippen molar-refractivity contribution in [3.8, 4) is 0 Å². The second-order valence-electron chi connectivity index (χ2n) is 6.68. The van der Waals surface area contributed by atoms with Gasteiger partial charge in [-0.05, 0) is 37.6 Å². The number of fused-ring (bicyclic) bond motifs is 1. The summed E-state index contributed by atoms with van der Waals surface area (Å²) in [7, 11) is 0. The number of hydrogen-bond donors (Lipinski definition) is 0. The number of carbonyl (C=O) groups is 1. The van der Waals surface area contributed by atoms with Crippen LogP contribution in [0.4, 0.5) is 5.13 Å². The lowest BCUT2D eigenvalue weighted by atomic mass is 10.0. The first-order chi connectivity index (χ1) is 12.5. The average Bonchev–Trinajstić information content (AvgIpc) is 3.09. The van der Waals surface area contributed by atoms with Crippen LogP contribution in [0, 0.1) is 13.8 Å². The van der Waals surface area contributed by atoms with Gasteiger partial charge in [-0.25, -0.2) is 4.98 Å². The maximum Gasteiger partial charge on any atom is 0.254 e. The van der Waals surface area contributed by atoms with E-state index in [0.29, 0.717) is 18.1 Å². The number of aryl methyl sites for hydroxylation is 2. The Morgan fingerprint density at radius 1 is 1.12 bits per heavy atom. The van der Waals surface area contributed by atoms with E-state index in [1.807, 2.05) is 55.1 Å². The van der Waals surface area contributed by atoms with E-state index in [9.17, 15) is 4.79 Å². The minimum atomic E-state index is 0.123. The van der Waals surface area contributed by atoms with Gasteiger partial charge >= 0.3 is 0 Å². The van der Waals surface area contributed by atoms with E-state index >= 15 is 0 Å². The molecule has 0 spiro atoms. The van der Waals surface area contributed by atoms with Crippen LogP contribution in [0.5, 0.6) is 0 Å². The fraction of sp³-hybridized carbons (Fsp3) is 0.300. The molecule has 26 heavy (non-hydrogen) atoms. The van der Waals surface area contributed by atoms with Gasteiger partial charge in [-0.15, -0.1) is 0 Å². The molecule has 0 N–H and O–H groups in total. The number of anilines is 1. The van der Waals surface area contributed by atoms with Crippen LogP contribution in [-0.4, -0.2) is 42.0 Å². The molecule has 2 heterocycles. The molecule has 0 aliphatic carbocycles. The van der Waals surface area contributed by atoms with Crippen molar-refractivity contribution in [2.45, 2.75) is 13.8 Å². The standard InChI is InChI=1S/C20H20ClN3OS/c1-13-6-7-14(2)15(12-13)19(25)23-8-10-24(11-9-23)20-22-18-16(21)4-3-5-17(18)26-20/h3-7,12H,8-11H2,1-2H3. The topological polar surface area (TPSA) is 36.4 Å². The summed E-state index contributed by atoms with van der Waals surface area (Å²) in [6, 6.07) is 11.9. The Kier molecular flexibility index (Phi) is 4.59. The van der Waals surface area contributed by atoms with Crippen LogP contribution in [0.2, 0.25) is 5.02 Å². The molecule has 6 heteroatoms. The summed E-state index contributed by atoms with van der Waals surface area (Å²) in [5.74, 6) is 0.123. The molecule has 1 saturated heterocycles. The number of halogens is 1. The SMILES string of the molecule is Cc1ccc(C)c(C(=O)N2CCN(c3nc4c(Cl)cccc4s3)CC2)c1. The summed E-state index contributed by atoms with van der Waals surface area (Å²) in [6.07, 6.45) is 0. The molecule has 0 saturated carbocycles. The minimum Gasteiger partial charge on any atom is -0.345 e. The van der Waals surface area contributed by atoms with Gasteiger partial charge in [0.1, 0.15) is 5.52 Å². The Morgan fingerprint density at radius 3 is 2.62 bits per heavy atom. The highest BCUT2D eigenvalue weighted by molar-refractivity contribution is 7.22. The number of nitrogens with zero attached hydrogens (tertiary/aromatic N) is 3. The number of aromatic nitrogens is 1. The van der Waals surface area contributed by atoms with Gasteiger partial charge in [0.05, 0.1) is 9.72 Å². The molecule has 0 radical (unpaired) electrons. The largest absolute Gasteiger partial charge is 0.345 e. The predicted molar refractivity (Wildman–Crippen MR) is 109 cm³/mol. The van der Waals surface area contributed by atoms with Gasteiger partial charge < -0.3 is 9.80 Å². The van der Waals surface area contributed by atoms with Crippen molar-refractivity contribution in [3.05, 3.63) is 58.1 Å². The first-order valence-electron chi connectivity index (χ1n) is 8.69. The zero-order chi connectivity index (χ0) is 18.3. The van der Waals surface area contributed by atoms with Crippen molar-refractivity contribution in [1.82, 2.24) is 9.88 Å². The lowest BCUT2D eigenvalue weighted by Gasteiger charge is -2.34. The monoisotopic (exact) mass is 385 g/mol. The average molecular weight is 386 g/mol. The molecule has 1 fully saturated rings. The Morgan fingerprint density at radius 2 is 1.88 bits per heavy atom. The fourth-order valence-corrected chi connectivity index (χ4v) is 4.59. The van der Waals surface area contributed by atoms with E-state index < -0.39 is 0 Å². The van der Waals surface area contributed by atoms with Crippen molar-refractivity contribution >= 4 is 44.2 Å². The maximum atomic E-state index is 12.9. The molecule has 4 rings (SSSR count). The molecular formula is C20H20ClN3OS. The van der Waals surface area contributed by atoms with Crippen molar-refractivity contribution in [2.24, 2.45) is 0 Å². The zero-order valence-corrected chi connectivity index (χ0v) is 16.4. The number of rotatable bonds is 2. The van der Waals surface area contributed by atoms with Crippen LogP contribution in [-0.2, 0) is 0 Å². The van der Waals surface area contributed by atoms with Crippen molar-refractivity contribution < 1.29 is 4.79 Å². The second-order valence-corrected chi connectivity index (χ2v) is 8.10. The molecule has 134 valence electrons. The quantitative estimate of drug-likeness (QED) is 0.650. The van der Waals surface area contributed by atoms with E-state index in [2.05, 4.69) is 4.90 Å². The van der Waals surface area contributed by atoms with Crippen LogP contribution in [0.25, 0.3) is 10.2 Å². The van der Waals surface area contributed by atoms with Crippen LogP contribution >= 0.6 is 22.9 Å². The Hall–Kier alpha value is -2.11. The van der Waals surface area contributed by atoms with Gasteiger partial charge in [0, 0.05) is 31.7 Å². The summed E-state index contributed by atoms with van der Waals surface area (Å²) in [5, 5.41) is 1.67. The maximum absolute atomic E-state index is 12.9. The molecule has 3 aromatic rings. The first kappa shape index (κ1) is 17.3. The van der Waals surface area contributed by atoms with Gasteiger partial charge in [-0.3, -0.25) is 4.79 Å². The third-order valence-electron chi connectivity index (χ3n) is 4.82. The van der Waals surface area contributed by atoms with Gasteiger partial charge in [-0.1, -0.05) is 46.7 Å². The molecule has 1 aliphatic rings. The van der Waals surface area contributed by atoms with Gasteiger partial charge in [0.25, 0.3) is 5.91 Å². The highest BCUT2D eigenvalue weighted by Crippen LogP contribution is 2.33. The number of hydrogen-bond acceptors (Lipinski definition) is 4. The molecule has 1 amide bonds. The number of thiazole rings is 1. The molecule has 0 unspecified atom stereocenters. The zero-order valence-electron chi connectivity index (χ0n) is 14.8. The molecular weight excluding hydrogens is 366 g/mol. The van der Waals surface area contributed by atoms with E-state index in [-0.39, 0.29) is 5.91 Å². The van der Waals surface area contributed by atoms with Crippen LogP contribution in [0.15, 0.2) is 36.4 Å². The summed E-state index contributed by atoms with van der Waals surface area (Å²) in [4.78, 5) is 21.8. The summed E-state index contributed by atoms with van der Waals surface area (Å²) in [6.45, 7) is 6.99. The van der Waals surface area contributed by atoms with Gasteiger partial charge in [-0.2, -0.15) is 0 Å². The number of carbonyl (C=O) groups excluding carboxylic acids is 1. The molecule has 0 atom stereocenters. The highest BCUT2D eigenvalue weighted by atomic mass is 35.5. The Bertz CT molecular complexity index is 976. The van der Waals surface area contributed by atoms with Crippen molar-refractivity contribution in [1.29, 1.82) is 0 Å². The van der Waals surface area contributed by atoms with Crippen LogP contribution in [0.3, 0.4) is 0 Å². The number of piperazine rings is 1. The van der Waals surface area contributed by atoms with Crippen molar-refractivity contribution in [2.75, 3.05) is 31.1 Å². The summed E-state index contributed by atoms with van der Waals surface area (Å²) < 4.78 is 1.10. The fourth-order valence-electron chi connectivity index (χ4n) is 3.28. The van der Waals surface area contributed by atoms with E-state index in [1.54, 1.807) is 11.3 Å². The van der Waals surface area contributed by atoms with Crippen LogP contribution in [0.1, 0.15) is 21.5 Å². The molecule has 1 aliphatic heterocycles. The van der Waals surface area contributed by atoms with E-state index in [0.717, 1.165) is 45.1 Å². The molecule has 1 aromatic heterocycles. The first-order valence-corrected chi connectivity index (χ1v) is 9.89. The molecule has 2 aromatic carbocycles. The number of benzene rings is 2. The second kappa shape index (κ2) is 6.89. The number of para-hydroxylation sites is 1. The lowest BCUT2D eigenvalue weighted by molar-refractivity contribution is 0.0746. The smallest absolute Gasteiger partial charge is 0.254 e. The number of amides is 1. The molecule has 0 bridgehead atoms. The third-order valence-corrected chi connectivity index (χ3v) is 6.21. The summed E-state index contributed by atoms with van der Waals surface area (Å²) >= 11 is 7.90. The Labute approximate surface area is 162 Å². The predicted octanol–water partition coefficient (Wildman–Crippen LogP) is 4.53. The van der Waals surface area contributed by atoms with Crippen molar-refractivity contribution in [3.63, 3.8) is 0 Å². The lowest BCUT2D eigenvalue weighted by Crippen LogP contribution is -2.48. The molecule has 4 nitrogen and oxygen atoms in total. The Balaban J connectivity index is 1.49. The van der Waals surface area contributed by atoms with Crippen LogP contribution < -0.4 is 4.90 Å². The van der Waals surface area contributed by atoms with Gasteiger partial charge in [0.15, 0.2) is 5.13 Å². The minimum absolute atomic E-state index is 0.123. The van der Waals surface area contributed by atoms with E-state index in [1.165, 1.54) is 0 Å². The highest BCUT2D eigenvalue weighted by Gasteiger charge is 2.25. The summed E-state index contributed by atoms with van der Waals surface area (Å²) in [5.41, 5.74) is 3.82.